The topological polar surface area (TPSA) is 38.8 Å². The smallest absolute Gasteiger partial charge is 0.320 e. The van der Waals surface area contributed by atoms with Crippen LogP contribution in [0.4, 0.5) is 0 Å². The van der Waals surface area contributed by atoms with Crippen molar-refractivity contribution in [1.29, 1.82) is 0 Å². The third-order valence-electron chi connectivity index (χ3n) is 2.27. The Kier molecular flexibility index (Phi) is 6.54. The molecule has 5 heteroatoms. The lowest BCUT2D eigenvalue weighted by Gasteiger charge is -2.16. The van der Waals surface area contributed by atoms with Gasteiger partial charge in [-0.05, 0) is 26.1 Å². The molecule has 0 bridgehead atoms. The maximum atomic E-state index is 11.2. The van der Waals surface area contributed by atoms with Crippen LogP contribution in [0.5, 0.6) is 5.75 Å². The van der Waals surface area contributed by atoms with E-state index in [0.717, 1.165) is 0 Å². The highest BCUT2D eigenvalue weighted by atomic mass is 35.5. The second-order valence-corrected chi connectivity index (χ2v) is 4.23. The van der Waals surface area contributed by atoms with Gasteiger partial charge in [-0.2, -0.15) is 0 Å². The van der Waals surface area contributed by atoms with Crippen LogP contribution in [0.25, 0.3) is 0 Å². The summed E-state index contributed by atoms with van der Waals surface area (Å²) in [4.78, 5) is 13.1. The van der Waals surface area contributed by atoms with Crippen molar-refractivity contribution in [2.45, 2.75) is 6.92 Å². The second-order valence-electron chi connectivity index (χ2n) is 3.82. The normalized spacial score (nSPS) is 10.4. The van der Waals surface area contributed by atoms with Crippen molar-refractivity contribution in [3.8, 4) is 5.75 Å². The highest BCUT2D eigenvalue weighted by Gasteiger charge is 2.07. The summed E-state index contributed by atoms with van der Waals surface area (Å²) in [5.74, 6) is 0.432. The number of para-hydroxylation sites is 1. The van der Waals surface area contributed by atoms with Crippen LogP contribution < -0.4 is 4.74 Å². The SMILES string of the molecule is CCOC(=O)CN(C)CCOc1ccccc1Cl. The zero-order chi connectivity index (χ0) is 13.4. The Balaban J connectivity index is 2.25. The largest absolute Gasteiger partial charge is 0.491 e. The number of hydrogen-bond acceptors (Lipinski definition) is 4. The number of benzene rings is 1. The first-order valence-electron chi connectivity index (χ1n) is 5.85. The lowest BCUT2D eigenvalue weighted by atomic mass is 10.3. The van der Waals surface area contributed by atoms with Gasteiger partial charge >= 0.3 is 5.97 Å². The molecule has 0 saturated heterocycles. The first kappa shape index (κ1) is 14.8. The minimum Gasteiger partial charge on any atom is -0.491 e. The quantitative estimate of drug-likeness (QED) is 0.713. The van der Waals surface area contributed by atoms with Gasteiger partial charge < -0.3 is 9.47 Å². The van der Waals surface area contributed by atoms with Crippen LogP contribution in [0.2, 0.25) is 5.02 Å². The minimum absolute atomic E-state index is 0.224. The van der Waals surface area contributed by atoms with Gasteiger partial charge in [-0.1, -0.05) is 23.7 Å². The van der Waals surface area contributed by atoms with E-state index >= 15 is 0 Å². The molecular formula is C13H18ClNO3. The summed E-state index contributed by atoms with van der Waals surface area (Å²) >= 11 is 5.95. The standard InChI is InChI=1S/C13H18ClNO3/c1-3-17-13(16)10-15(2)8-9-18-12-7-5-4-6-11(12)14/h4-7H,3,8-10H2,1-2H3. The molecule has 0 aromatic heterocycles. The molecule has 0 amide bonds. The zero-order valence-electron chi connectivity index (χ0n) is 10.7. The summed E-state index contributed by atoms with van der Waals surface area (Å²) in [6, 6.07) is 7.30. The summed E-state index contributed by atoms with van der Waals surface area (Å²) in [6.07, 6.45) is 0. The minimum atomic E-state index is -0.224. The van der Waals surface area contributed by atoms with E-state index in [-0.39, 0.29) is 12.5 Å². The van der Waals surface area contributed by atoms with Crippen molar-refractivity contribution in [3.05, 3.63) is 29.3 Å². The zero-order valence-corrected chi connectivity index (χ0v) is 11.4. The average molecular weight is 272 g/mol. The molecule has 100 valence electrons. The molecule has 1 aromatic rings. The van der Waals surface area contributed by atoms with Gasteiger partial charge in [-0.3, -0.25) is 9.69 Å². The van der Waals surface area contributed by atoms with Crippen LogP contribution >= 0.6 is 11.6 Å². The van der Waals surface area contributed by atoms with E-state index in [1.165, 1.54) is 0 Å². The molecule has 0 aliphatic rings. The van der Waals surface area contributed by atoms with Gasteiger partial charge in [0.2, 0.25) is 0 Å². The number of likely N-dealkylation sites (N-methyl/N-ethyl adjacent to an activating group) is 1. The number of esters is 1. The van der Waals surface area contributed by atoms with Gasteiger partial charge in [0.25, 0.3) is 0 Å². The van der Waals surface area contributed by atoms with E-state index in [1.807, 2.05) is 30.1 Å². The van der Waals surface area contributed by atoms with Crippen LogP contribution in [0, 0.1) is 0 Å². The lowest BCUT2D eigenvalue weighted by Crippen LogP contribution is -2.31. The molecule has 0 fully saturated rings. The number of hydrogen-bond donors (Lipinski definition) is 0. The fraction of sp³-hybridized carbons (Fsp3) is 0.462. The first-order valence-corrected chi connectivity index (χ1v) is 6.22. The second kappa shape index (κ2) is 7.95. The van der Waals surface area contributed by atoms with E-state index < -0.39 is 0 Å². The predicted octanol–water partition coefficient (Wildman–Crippen LogP) is 2.21. The maximum absolute atomic E-state index is 11.2. The summed E-state index contributed by atoms with van der Waals surface area (Å²) in [7, 11) is 1.84. The fourth-order valence-corrected chi connectivity index (χ4v) is 1.57. The van der Waals surface area contributed by atoms with Gasteiger partial charge in [0.1, 0.15) is 12.4 Å². The molecule has 0 N–H and O–H groups in total. The number of nitrogens with zero attached hydrogens (tertiary/aromatic N) is 1. The molecular weight excluding hydrogens is 254 g/mol. The molecule has 0 radical (unpaired) electrons. The number of ether oxygens (including phenoxy) is 2. The Bertz CT molecular complexity index is 384. The van der Waals surface area contributed by atoms with Gasteiger partial charge in [-0.25, -0.2) is 0 Å². The Morgan fingerprint density at radius 1 is 1.39 bits per heavy atom. The molecule has 0 saturated carbocycles. The predicted molar refractivity (Wildman–Crippen MR) is 71.1 cm³/mol. The van der Waals surface area contributed by atoms with Gasteiger partial charge in [-0.15, -0.1) is 0 Å². The van der Waals surface area contributed by atoms with Crippen molar-refractivity contribution in [2.75, 3.05) is 33.4 Å². The summed E-state index contributed by atoms with van der Waals surface area (Å²) < 4.78 is 10.4. The van der Waals surface area contributed by atoms with Crippen LogP contribution in [0.3, 0.4) is 0 Å². The van der Waals surface area contributed by atoms with Crippen LogP contribution in [-0.2, 0) is 9.53 Å². The van der Waals surface area contributed by atoms with Crippen molar-refractivity contribution < 1.29 is 14.3 Å². The number of rotatable bonds is 7. The van der Waals surface area contributed by atoms with Crippen LogP contribution in [-0.4, -0.2) is 44.2 Å². The molecule has 1 rings (SSSR count). The Morgan fingerprint density at radius 2 is 2.11 bits per heavy atom. The monoisotopic (exact) mass is 271 g/mol. The number of halogens is 1. The molecule has 18 heavy (non-hydrogen) atoms. The number of carbonyl (C=O) groups excluding carboxylic acids is 1. The molecule has 0 spiro atoms. The van der Waals surface area contributed by atoms with Crippen molar-refractivity contribution >= 4 is 17.6 Å². The van der Waals surface area contributed by atoms with Gasteiger partial charge in [0, 0.05) is 6.54 Å². The molecule has 0 aliphatic carbocycles. The molecule has 1 aromatic carbocycles. The van der Waals surface area contributed by atoms with E-state index in [0.29, 0.717) is 30.5 Å². The fourth-order valence-electron chi connectivity index (χ4n) is 1.38. The van der Waals surface area contributed by atoms with Crippen molar-refractivity contribution in [1.82, 2.24) is 4.90 Å². The van der Waals surface area contributed by atoms with E-state index in [1.54, 1.807) is 13.0 Å². The Labute approximate surface area is 112 Å². The van der Waals surface area contributed by atoms with Gasteiger partial charge in [0.05, 0.1) is 18.2 Å². The van der Waals surface area contributed by atoms with Crippen LogP contribution in [0.15, 0.2) is 24.3 Å². The molecule has 0 heterocycles. The third-order valence-corrected chi connectivity index (χ3v) is 2.58. The third kappa shape index (κ3) is 5.38. The molecule has 0 aliphatic heterocycles. The highest BCUT2D eigenvalue weighted by Crippen LogP contribution is 2.22. The Hall–Kier alpha value is -1.26. The first-order chi connectivity index (χ1) is 8.63. The summed E-state index contributed by atoms with van der Waals surface area (Å²) in [5.41, 5.74) is 0. The summed E-state index contributed by atoms with van der Waals surface area (Å²) in [5, 5.41) is 0.588. The van der Waals surface area contributed by atoms with Crippen LogP contribution in [0.1, 0.15) is 6.92 Å². The van der Waals surface area contributed by atoms with E-state index in [4.69, 9.17) is 21.1 Å². The Morgan fingerprint density at radius 3 is 2.78 bits per heavy atom. The van der Waals surface area contributed by atoms with E-state index in [9.17, 15) is 4.79 Å². The molecule has 0 unspecified atom stereocenters. The van der Waals surface area contributed by atoms with Crippen molar-refractivity contribution in [2.24, 2.45) is 0 Å². The van der Waals surface area contributed by atoms with E-state index in [2.05, 4.69) is 0 Å². The summed E-state index contributed by atoms with van der Waals surface area (Å²) in [6.45, 7) is 3.56. The number of carbonyl (C=O) groups is 1. The molecule has 4 nitrogen and oxygen atoms in total. The highest BCUT2D eigenvalue weighted by molar-refractivity contribution is 6.32. The van der Waals surface area contributed by atoms with Crippen molar-refractivity contribution in [3.63, 3.8) is 0 Å². The molecule has 0 atom stereocenters. The lowest BCUT2D eigenvalue weighted by molar-refractivity contribution is -0.144. The maximum Gasteiger partial charge on any atom is 0.320 e. The van der Waals surface area contributed by atoms with Gasteiger partial charge in [0.15, 0.2) is 0 Å². The average Bonchev–Trinajstić information content (AvgIpc) is 2.31.